The van der Waals surface area contributed by atoms with Crippen LogP contribution < -0.4 is 5.73 Å². The molecular formula is C9H9F2NO. The second kappa shape index (κ2) is 2.42. The summed E-state index contributed by atoms with van der Waals surface area (Å²) in [5, 5.41) is 9.02. The molecule has 0 unspecified atom stereocenters. The number of nitrogens with two attached hydrogens (primary N) is 1. The third-order valence-electron chi connectivity index (χ3n) is 2.36. The Bertz CT molecular complexity index is 361. The van der Waals surface area contributed by atoms with Crippen LogP contribution in [0.4, 0.5) is 8.78 Å². The molecule has 70 valence electrons. The largest absolute Gasteiger partial charge is 0.505 e. The van der Waals surface area contributed by atoms with Crippen molar-refractivity contribution in [1.29, 1.82) is 0 Å². The van der Waals surface area contributed by atoms with Gasteiger partial charge in [-0.3, -0.25) is 0 Å². The van der Waals surface area contributed by atoms with Gasteiger partial charge in [0.15, 0.2) is 11.6 Å². The van der Waals surface area contributed by atoms with Gasteiger partial charge in [0, 0.05) is 17.2 Å². The van der Waals surface area contributed by atoms with E-state index in [4.69, 9.17) is 10.8 Å². The highest BCUT2D eigenvalue weighted by molar-refractivity contribution is 5.37. The lowest BCUT2D eigenvalue weighted by molar-refractivity contribution is 0.423. The van der Waals surface area contributed by atoms with Crippen molar-refractivity contribution in [2.75, 3.05) is 0 Å². The highest BCUT2D eigenvalue weighted by atomic mass is 19.1. The van der Waals surface area contributed by atoms with Crippen LogP contribution in [0.2, 0.25) is 0 Å². The number of phenolic OH excluding ortho intramolecular Hbond substituents is 1. The van der Waals surface area contributed by atoms with Gasteiger partial charge in [-0.15, -0.1) is 0 Å². The maximum absolute atomic E-state index is 13.1. The number of halogens is 2. The Hall–Kier alpha value is -1.16. The van der Waals surface area contributed by atoms with Crippen molar-refractivity contribution in [1.82, 2.24) is 0 Å². The maximum atomic E-state index is 13.1. The van der Waals surface area contributed by atoms with E-state index in [1.807, 2.05) is 0 Å². The minimum atomic E-state index is -0.953. The van der Waals surface area contributed by atoms with E-state index in [0.29, 0.717) is 18.9 Å². The first kappa shape index (κ1) is 8.44. The molecule has 1 saturated carbocycles. The Morgan fingerprint density at radius 2 is 1.85 bits per heavy atom. The van der Waals surface area contributed by atoms with Gasteiger partial charge in [0.05, 0.1) is 0 Å². The van der Waals surface area contributed by atoms with E-state index in [9.17, 15) is 8.78 Å². The molecule has 1 aliphatic rings. The molecule has 13 heavy (non-hydrogen) atoms. The van der Waals surface area contributed by atoms with E-state index in [2.05, 4.69) is 0 Å². The van der Waals surface area contributed by atoms with Gasteiger partial charge in [0.25, 0.3) is 0 Å². The Kier molecular flexibility index (Phi) is 1.57. The topological polar surface area (TPSA) is 46.2 Å². The van der Waals surface area contributed by atoms with Crippen molar-refractivity contribution in [3.05, 3.63) is 29.3 Å². The highest BCUT2D eigenvalue weighted by Gasteiger charge is 2.42. The van der Waals surface area contributed by atoms with E-state index in [-0.39, 0.29) is 5.56 Å². The second-order valence-electron chi connectivity index (χ2n) is 3.44. The molecule has 0 aromatic heterocycles. The third-order valence-corrected chi connectivity index (χ3v) is 2.36. The zero-order valence-electron chi connectivity index (χ0n) is 6.85. The summed E-state index contributed by atoms with van der Waals surface area (Å²) in [6.07, 6.45) is 1.35. The van der Waals surface area contributed by atoms with Crippen LogP contribution in [-0.4, -0.2) is 5.11 Å². The van der Waals surface area contributed by atoms with E-state index < -0.39 is 22.9 Å². The number of hydrogen-bond donors (Lipinski definition) is 2. The molecule has 3 N–H and O–H groups in total. The lowest BCUT2D eigenvalue weighted by Gasteiger charge is -2.10. The molecule has 0 saturated heterocycles. The van der Waals surface area contributed by atoms with Crippen molar-refractivity contribution in [3.63, 3.8) is 0 Å². The van der Waals surface area contributed by atoms with Crippen molar-refractivity contribution in [3.8, 4) is 5.75 Å². The van der Waals surface area contributed by atoms with E-state index in [1.54, 1.807) is 0 Å². The second-order valence-corrected chi connectivity index (χ2v) is 3.44. The smallest absolute Gasteiger partial charge is 0.167 e. The highest BCUT2D eigenvalue weighted by Crippen LogP contribution is 2.44. The normalized spacial score (nSPS) is 18.7. The van der Waals surface area contributed by atoms with Gasteiger partial charge in [0.2, 0.25) is 0 Å². The first-order valence-electron chi connectivity index (χ1n) is 4.00. The summed E-state index contributed by atoms with van der Waals surface area (Å²) in [7, 11) is 0. The summed E-state index contributed by atoms with van der Waals surface area (Å²) in [6, 6.07) is 1.73. The van der Waals surface area contributed by atoms with Crippen LogP contribution in [0.15, 0.2) is 12.1 Å². The summed E-state index contributed by atoms with van der Waals surface area (Å²) in [6.45, 7) is 0. The monoisotopic (exact) mass is 185 g/mol. The predicted octanol–water partition coefficient (Wildman–Crippen LogP) is 1.62. The van der Waals surface area contributed by atoms with Gasteiger partial charge in [-0.05, 0) is 18.9 Å². The molecule has 0 aliphatic heterocycles. The molecule has 1 aliphatic carbocycles. The first-order chi connectivity index (χ1) is 6.03. The van der Waals surface area contributed by atoms with Crippen LogP contribution in [0, 0.1) is 11.6 Å². The first-order valence-corrected chi connectivity index (χ1v) is 4.00. The fourth-order valence-electron chi connectivity index (χ4n) is 1.32. The van der Waals surface area contributed by atoms with Gasteiger partial charge in [-0.2, -0.15) is 0 Å². The van der Waals surface area contributed by atoms with Crippen LogP contribution in [0.5, 0.6) is 5.75 Å². The number of hydrogen-bond acceptors (Lipinski definition) is 2. The Balaban J connectivity index is 2.52. The van der Waals surface area contributed by atoms with Gasteiger partial charge in [-0.1, -0.05) is 0 Å². The molecule has 2 rings (SSSR count). The summed E-state index contributed by atoms with van der Waals surface area (Å²) >= 11 is 0. The third kappa shape index (κ3) is 1.27. The standard InChI is InChI=1S/C9H9F2NO/c10-6-4-7(11)8(13)3-5(6)9(12)1-2-9/h3-4,13H,1-2,12H2. The molecule has 1 aromatic carbocycles. The molecular weight excluding hydrogens is 176 g/mol. The minimum absolute atomic E-state index is 0.200. The summed E-state index contributed by atoms with van der Waals surface area (Å²) < 4.78 is 25.8. The molecule has 1 aromatic rings. The van der Waals surface area contributed by atoms with Crippen LogP contribution in [0.25, 0.3) is 0 Å². The molecule has 0 radical (unpaired) electrons. The minimum Gasteiger partial charge on any atom is -0.505 e. The maximum Gasteiger partial charge on any atom is 0.167 e. The SMILES string of the molecule is NC1(c2cc(O)c(F)cc2F)CC1. The number of phenols is 1. The van der Waals surface area contributed by atoms with E-state index in [0.717, 1.165) is 6.07 Å². The van der Waals surface area contributed by atoms with Crippen LogP contribution >= 0.6 is 0 Å². The summed E-state index contributed by atoms with van der Waals surface area (Å²) in [5.74, 6) is -2.19. The molecule has 0 spiro atoms. The predicted molar refractivity (Wildman–Crippen MR) is 43.1 cm³/mol. The van der Waals surface area contributed by atoms with Crippen LogP contribution in [-0.2, 0) is 5.54 Å². The average molecular weight is 185 g/mol. The van der Waals surface area contributed by atoms with E-state index in [1.165, 1.54) is 0 Å². The number of aromatic hydroxyl groups is 1. The zero-order chi connectivity index (χ0) is 9.64. The zero-order valence-corrected chi connectivity index (χ0v) is 6.85. The van der Waals surface area contributed by atoms with Crippen molar-refractivity contribution >= 4 is 0 Å². The van der Waals surface area contributed by atoms with E-state index >= 15 is 0 Å². The Morgan fingerprint density at radius 3 is 2.38 bits per heavy atom. The fraction of sp³-hybridized carbons (Fsp3) is 0.333. The number of benzene rings is 1. The van der Waals surface area contributed by atoms with Gasteiger partial charge >= 0.3 is 0 Å². The van der Waals surface area contributed by atoms with Crippen LogP contribution in [0.1, 0.15) is 18.4 Å². The lowest BCUT2D eigenvalue weighted by atomic mass is 10.0. The molecule has 0 heterocycles. The Labute approximate surface area is 74.0 Å². The van der Waals surface area contributed by atoms with Gasteiger partial charge < -0.3 is 10.8 Å². The average Bonchev–Trinajstić information content (AvgIpc) is 2.77. The molecule has 0 atom stereocenters. The Morgan fingerprint density at radius 1 is 1.23 bits per heavy atom. The molecule has 4 heteroatoms. The van der Waals surface area contributed by atoms with Crippen molar-refractivity contribution in [2.24, 2.45) is 5.73 Å². The van der Waals surface area contributed by atoms with Gasteiger partial charge in [-0.25, -0.2) is 8.78 Å². The van der Waals surface area contributed by atoms with Crippen molar-refractivity contribution in [2.45, 2.75) is 18.4 Å². The lowest BCUT2D eigenvalue weighted by Crippen LogP contribution is -2.20. The summed E-state index contributed by atoms with van der Waals surface area (Å²) in [4.78, 5) is 0. The van der Waals surface area contributed by atoms with Gasteiger partial charge in [0.1, 0.15) is 5.82 Å². The quantitative estimate of drug-likeness (QED) is 0.698. The van der Waals surface area contributed by atoms with Crippen LogP contribution in [0.3, 0.4) is 0 Å². The van der Waals surface area contributed by atoms with Crippen molar-refractivity contribution < 1.29 is 13.9 Å². The fourth-order valence-corrected chi connectivity index (χ4v) is 1.32. The molecule has 0 bridgehead atoms. The molecule has 1 fully saturated rings. The molecule has 0 amide bonds. The number of rotatable bonds is 1. The summed E-state index contributed by atoms with van der Waals surface area (Å²) in [5.41, 5.74) is 5.23. The molecule has 2 nitrogen and oxygen atoms in total.